The van der Waals surface area contributed by atoms with Gasteiger partial charge in [-0.05, 0) is 73.0 Å². The van der Waals surface area contributed by atoms with Crippen LogP contribution in [0.15, 0.2) is 60.9 Å². The number of nitrogens with two attached hydrogens (primary N) is 1. The van der Waals surface area contributed by atoms with Gasteiger partial charge in [-0.3, -0.25) is 0 Å². The number of nitrogens with one attached hydrogen (secondary N) is 2. The van der Waals surface area contributed by atoms with Gasteiger partial charge in [0, 0.05) is 72.7 Å². The molecule has 0 bridgehead atoms. The van der Waals surface area contributed by atoms with E-state index < -0.39 is 0 Å². The largest absolute Gasteiger partial charge is 0.398 e. The Labute approximate surface area is 206 Å². The van der Waals surface area contributed by atoms with Crippen LogP contribution in [0.25, 0.3) is 39.0 Å². The Hall–Kier alpha value is -3.90. The molecule has 4 N–H and O–H groups in total. The van der Waals surface area contributed by atoms with Crippen molar-refractivity contribution in [2.24, 2.45) is 5.73 Å². The molecule has 6 heteroatoms. The van der Waals surface area contributed by atoms with E-state index >= 15 is 0 Å². The number of nitrogens with zero attached hydrogens (tertiary/aromatic N) is 3. The number of aromatic amines is 1. The number of aromatic nitrogens is 2. The van der Waals surface area contributed by atoms with Gasteiger partial charge < -0.3 is 25.9 Å². The maximum Gasteiger partial charge on any atom is 0.137 e. The number of allylic oxidation sites excluding steroid dienone is 1. The number of H-pyrrole nitrogens is 1. The maximum absolute atomic E-state index is 7.22. The molecule has 0 aliphatic carbocycles. The Morgan fingerprint density at radius 1 is 0.971 bits per heavy atom. The number of hydrogen-bond donors (Lipinski definition) is 3. The zero-order valence-electron chi connectivity index (χ0n) is 20.6. The Kier molecular flexibility index (Phi) is 6.14. The van der Waals surface area contributed by atoms with Crippen molar-refractivity contribution >= 4 is 28.6 Å². The van der Waals surface area contributed by atoms with Crippen LogP contribution >= 0.6 is 0 Å². The van der Waals surface area contributed by atoms with Crippen molar-refractivity contribution in [3.63, 3.8) is 0 Å². The molecule has 35 heavy (non-hydrogen) atoms. The number of pyridine rings is 1. The van der Waals surface area contributed by atoms with E-state index in [1.54, 1.807) is 6.08 Å². The molecule has 1 aliphatic heterocycles. The second-order valence-corrected chi connectivity index (χ2v) is 9.44. The summed E-state index contributed by atoms with van der Waals surface area (Å²) >= 11 is 0. The lowest BCUT2D eigenvalue weighted by Crippen LogP contribution is -2.45. The van der Waals surface area contributed by atoms with Gasteiger partial charge in [0.1, 0.15) is 5.65 Å². The van der Waals surface area contributed by atoms with E-state index in [4.69, 9.17) is 16.1 Å². The highest BCUT2D eigenvalue weighted by molar-refractivity contribution is 5.96. The van der Waals surface area contributed by atoms with Crippen LogP contribution < -0.4 is 10.6 Å². The summed E-state index contributed by atoms with van der Waals surface area (Å²) in [5, 5.41) is 8.31. The first-order chi connectivity index (χ1) is 16.9. The predicted molar refractivity (Wildman–Crippen MR) is 147 cm³/mol. The SMILES string of the molecule is Cc1cc(-c2cnc3[nH]cc(-c4ccc(/C(N)=C/C=N)cc4)c3c2)cc(C)c1N1CCN(C)CC1. The fourth-order valence-electron chi connectivity index (χ4n) is 5.08. The van der Waals surface area contributed by atoms with E-state index in [2.05, 4.69) is 66.0 Å². The molecule has 1 aliphatic rings. The molecule has 3 heterocycles. The molecule has 2 aromatic heterocycles. The molecule has 4 aromatic rings. The van der Waals surface area contributed by atoms with E-state index in [-0.39, 0.29) is 0 Å². The van der Waals surface area contributed by atoms with Crippen LogP contribution in [0.3, 0.4) is 0 Å². The highest BCUT2D eigenvalue weighted by atomic mass is 15.2. The van der Waals surface area contributed by atoms with Crippen LogP contribution in [0.4, 0.5) is 5.69 Å². The fraction of sp³-hybridized carbons (Fsp3) is 0.241. The Balaban J connectivity index is 1.49. The molecule has 6 nitrogen and oxygen atoms in total. The molecular weight excluding hydrogens is 432 g/mol. The van der Waals surface area contributed by atoms with Crippen LogP contribution in [0, 0.1) is 19.3 Å². The maximum atomic E-state index is 7.22. The molecule has 0 amide bonds. The number of likely N-dealkylation sites (N-methyl/N-ethyl adjacent to an activating group) is 1. The molecule has 0 unspecified atom stereocenters. The first kappa shape index (κ1) is 22.9. The molecule has 0 radical (unpaired) electrons. The van der Waals surface area contributed by atoms with Crippen molar-refractivity contribution in [1.29, 1.82) is 5.41 Å². The minimum absolute atomic E-state index is 0.584. The lowest BCUT2D eigenvalue weighted by atomic mass is 9.97. The average Bonchev–Trinajstić information content (AvgIpc) is 3.28. The van der Waals surface area contributed by atoms with Gasteiger partial charge in [0.15, 0.2) is 0 Å². The normalized spacial score (nSPS) is 15.1. The number of piperazine rings is 1. The first-order valence-corrected chi connectivity index (χ1v) is 12.0. The van der Waals surface area contributed by atoms with Gasteiger partial charge in [-0.15, -0.1) is 0 Å². The lowest BCUT2D eigenvalue weighted by molar-refractivity contribution is 0.312. The lowest BCUT2D eigenvalue weighted by Gasteiger charge is -2.36. The zero-order valence-corrected chi connectivity index (χ0v) is 20.6. The molecule has 178 valence electrons. The summed E-state index contributed by atoms with van der Waals surface area (Å²) in [6.45, 7) is 8.78. The highest BCUT2D eigenvalue weighted by Gasteiger charge is 2.19. The summed E-state index contributed by atoms with van der Waals surface area (Å²) < 4.78 is 0. The van der Waals surface area contributed by atoms with E-state index in [1.807, 2.05) is 24.5 Å². The Morgan fingerprint density at radius 2 is 1.66 bits per heavy atom. The van der Waals surface area contributed by atoms with Gasteiger partial charge in [0.25, 0.3) is 0 Å². The quantitative estimate of drug-likeness (QED) is 0.354. The highest BCUT2D eigenvalue weighted by Crippen LogP contribution is 2.35. The molecular formula is C29H32N6. The van der Waals surface area contributed by atoms with Gasteiger partial charge in [-0.25, -0.2) is 4.98 Å². The van der Waals surface area contributed by atoms with Crippen molar-refractivity contribution < 1.29 is 0 Å². The van der Waals surface area contributed by atoms with E-state index in [1.165, 1.54) is 28.6 Å². The van der Waals surface area contributed by atoms with Crippen LogP contribution in [-0.4, -0.2) is 54.3 Å². The summed E-state index contributed by atoms with van der Waals surface area (Å²) in [5.41, 5.74) is 16.9. The minimum atomic E-state index is 0.584. The van der Waals surface area contributed by atoms with Gasteiger partial charge in [0.05, 0.1) is 0 Å². The third-order valence-electron chi connectivity index (χ3n) is 6.97. The monoisotopic (exact) mass is 464 g/mol. The van der Waals surface area contributed by atoms with Crippen LogP contribution in [0.1, 0.15) is 16.7 Å². The van der Waals surface area contributed by atoms with E-state index in [0.717, 1.165) is 59.5 Å². The molecule has 1 fully saturated rings. The number of aryl methyl sites for hydroxylation is 2. The molecule has 5 rings (SSSR count). The summed E-state index contributed by atoms with van der Waals surface area (Å²) in [7, 11) is 2.19. The average molecular weight is 465 g/mol. The van der Waals surface area contributed by atoms with Crippen molar-refractivity contribution in [1.82, 2.24) is 14.9 Å². The third-order valence-corrected chi connectivity index (χ3v) is 6.97. The van der Waals surface area contributed by atoms with Gasteiger partial charge in [0.2, 0.25) is 0 Å². The van der Waals surface area contributed by atoms with E-state index in [0.29, 0.717) is 5.70 Å². The summed E-state index contributed by atoms with van der Waals surface area (Å²) in [6, 6.07) is 14.9. The van der Waals surface area contributed by atoms with Crippen molar-refractivity contribution in [2.75, 3.05) is 38.1 Å². The summed E-state index contributed by atoms with van der Waals surface area (Å²) in [5.74, 6) is 0. The third kappa shape index (κ3) is 4.45. The van der Waals surface area contributed by atoms with Gasteiger partial charge in [-0.1, -0.05) is 24.3 Å². The number of benzene rings is 2. The number of anilines is 1. The predicted octanol–water partition coefficient (Wildman–Crippen LogP) is 5.21. The minimum Gasteiger partial charge on any atom is -0.398 e. The fourth-order valence-corrected chi connectivity index (χ4v) is 5.08. The van der Waals surface area contributed by atoms with Crippen molar-refractivity contribution in [2.45, 2.75) is 13.8 Å². The molecule has 0 saturated carbocycles. The van der Waals surface area contributed by atoms with Crippen LogP contribution in [0.2, 0.25) is 0 Å². The Morgan fingerprint density at radius 3 is 2.31 bits per heavy atom. The molecule has 0 spiro atoms. The zero-order chi connectivity index (χ0) is 24.5. The number of hydrogen-bond acceptors (Lipinski definition) is 5. The van der Waals surface area contributed by atoms with Crippen molar-refractivity contribution in [3.05, 3.63) is 77.6 Å². The van der Waals surface area contributed by atoms with Crippen LogP contribution in [-0.2, 0) is 0 Å². The summed E-state index contributed by atoms with van der Waals surface area (Å²) in [6.07, 6.45) is 6.77. The van der Waals surface area contributed by atoms with Crippen molar-refractivity contribution in [3.8, 4) is 22.3 Å². The smallest absolute Gasteiger partial charge is 0.137 e. The van der Waals surface area contributed by atoms with Gasteiger partial charge in [-0.2, -0.15) is 0 Å². The molecule has 0 atom stereocenters. The number of fused-ring (bicyclic) bond motifs is 1. The second-order valence-electron chi connectivity index (χ2n) is 9.44. The standard InChI is InChI=1S/C29H32N6/c1-19-14-23(15-20(2)28(19)35-12-10-34(3)11-13-35)24-16-25-26(18-33-29(25)32-17-24)21-4-6-22(7-5-21)27(31)8-9-30/h4-9,14-18,30H,10-13,31H2,1-3H3,(H,32,33)/b27-8-,30-9?. The Bertz CT molecular complexity index is 1380. The molecule has 1 saturated heterocycles. The number of rotatable bonds is 5. The topological polar surface area (TPSA) is 85.0 Å². The van der Waals surface area contributed by atoms with Gasteiger partial charge >= 0.3 is 0 Å². The van der Waals surface area contributed by atoms with Crippen LogP contribution in [0.5, 0.6) is 0 Å². The second kappa shape index (κ2) is 9.39. The first-order valence-electron chi connectivity index (χ1n) is 12.0. The van der Waals surface area contributed by atoms with E-state index in [9.17, 15) is 0 Å². The molecule has 2 aromatic carbocycles. The summed E-state index contributed by atoms with van der Waals surface area (Å²) in [4.78, 5) is 13.0.